The first-order valence-electron chi connectivity index (χ1n) is 5.41. The van der Waals surface area contributed by atoms with Crippen LogP contribution < -0.4 is 0 Å². The van der Waals surface area contributed by atoms with Gasteiger partial charge in [0.1, 0.15) is 5.75 Å². The zero-order chi connectivity index (χ0) is 12.3. The summed E-state index contributed by atoms with van der Waals surface area (Å²) in [5.41, 5.74) is 1.40. The average molecular weight is 222 g/mol. The molecule has 0 aliphatic rings. The number of hydrogen-bond donors (Lipinski definition) is 2. The van der Waals surface area contributed by atoms with Crippen LogP contribution in [0.1, 0.15) is 38.3 Å². The van der Waals surface area contributed by atoms with Crippen LogP contribution in [0, 0.1) is 0 Å². The molecule has 88 valence electrons. The molecule has 0 radical (unpaired) electrons. The van der Waals surface area contributed by atoms with Gasteiger partial charge in [-0.2, -0.15) is 0 Å². The lowest BCUT2D eigenvalue weighted by molar-refractivity contribution is -0.136. The minimum atomic E-state index is -0.856. The van der Waals surface area contributed by atoms with E-state index in [1.807, 2.05) is 20.8 Å². The molecular formula is C13H18O3. The van der Waals surface area contributed by atoms with Crippen molar-refractivity contribution in [3.05, 3.63) is 29.3 Å². The molecule has 1 aromatic rings. The Morgan fingerprint density at radius 1 is 1.38 bits per heavy atom. The molecule has 0 bridgehead atoms. The average Bonchev–Trinajstić information content (AvgIpc) is 2.20. The molecule has 0 atom stereocenters. The smallest absolute Gasteiger partial charge is 0.307 e. The molecule has 2 N–H and O–H groups in total. The van der Waals surface area contributed by atoms with Crippen molar-refractivity contribution >= 4 is 5.97 Å². The van der Waals surface area contributed by atoms with Gasteiger partial charge >= 0.3 is 5.97 Å². The number of carboxylic acids is 1. The summed E-state index contributed by atoms with van der Waals surface area (Å²) in [4.78, 5) is 10.6. The van der Waals surface area contributed by atoms with Gasteiger partial charge in [0.05, 0.1) is 6.42 Å². The maximum Gasteiger partial charge on any atom is 0.307 e. The highest BCUT2D eigenvalue weighted by atomic mass is 16.4. The lowest BCUT2D eigenvalue weighted by atomic mass is 9.81. The first-order valence-corrected chi connectivity index (χ1v) is 5.41. The van der Waals surface area contributed by atoms with Gasteiger partial charge in [-0.25, -0.2) is 0 Å². The number of phenols is 1. The molecule has 0 aliphatic carbocycles. The van der Waals surface area contributed by atoms with Gasteiger partial charge in [0.15, 0.2) is 0 Å². The maximum atomic E-state index is 10.6. The van der Waals surface area contributed by atoms with E-state index in [4.69, 9.17) is 5.11 Å². The number of phenolic OH excluding ortho intramolecular Hbond substituents is 1. The minimum absolute atomic E-state index is 0.00687. The highest BCUT2D eigenvalue weighted by Crippen LogP contribution is 2.34. The summed E-state index contributed by atoms with van der Waals surface area (Å²) in [6.45, 7) is 6.11. The van der Waals surface area contributed by atoms with Crippen molar-refractivity contribution in [3.63, 3.8) is 0 Å². The van der Waals surface area contributed by atoms with E-state index < -0.39 is 5.97 Å². The summed E-state index contributed by atoms with van der Waals surface area (Å²) >= 11 is 0. The van der Waals surface area contributed by atoms with Gasteiger partial charge in [-0.15, -0.1) is 0 Å². The third-order valence-electron chi connectivity index (χ3n) is 3.03. The second-order valence-electron chi connectivity index (χ2n) is 4.66. The standard InChI is InChI=1S/C13H18O3/c1-4-13(2,3)10-7-9(8-12(15)16)5-6-11(10)14/h5-7,14H,4,8H2,1-3H3,(H,15,16). The maximum absolute atomic E-state index is 10.6. The van der Waals surface area contributed by atoms with Crippen LogP contribution in [0.25, 0.3) is 0 Å². The number of carboxylic acid groups (broad SMARTS) is 1. The fourth-order valence-corrected chi connectivity index (χ4v) is 1.60. The molecule has 0 unspecified atom stereocenters. The van der Waals surface area contributed by atoms with Gasteiger partial charge < -0.3 is 10.2 Å². The van der Waals surface area contributed by atoms with Gasteiger partial charge in [0.25, 0.3) is 0 Å². The predicted molar refractivity (Wildman–Crippen MR) is 62.8 cm³/mol. The number of rotatable bonds is 4. The van der Waals surface area contributed by atoms with Crippen LogP contribution in [0.2, 0.25) is 0 Å². The normalized spacial score (nSPS) is 11.4. The Hall–Kier alpha value is -1.51. The van der Waals surface area contributed by atoms with Gasteiger partial charge in [0.2, 0.25) is 0 Å². The quantitative estimate of drug-likeness (QED) is 0.823. The van der Waals surface area contributed by atoms with Crippen molar-refractivity contribution < 1.29 is 15.0 Å². The summed E-state index contributed by atoms with van der Waals surface area (Å²) in [6.07, 6.45) is 0.879. The van der Waals surface area contributed by atoms with Crippen molar-refractivity contribution in [2.24, 2.45) is 0 Å². The van der Waals surface area contributed by atoms with Crippen LogP contribution in [0.4, 0.5) is 0 Å². The fraction of sp³-hybridized carbons (Fsp3) is 0.462. The highest BCUT2D eigenvalue weighted by molar-refractivity contribution is 5.70. The van der Waals surface area contributed by atoms with E-state index in [1.165, 1.54) is 0 Å². The molecule has 0 aliphatic heterocycles. The van der Waals surface area contributed by atoms with Crippen LogP contribution in [-0.4, -0.2) is 16.2 Å². The molecule has 0 saturated carbocycles. The topological polar surface area (TPSA) is 57.5 Å². The fourth-order valence-electron chi connectivity index (χ4n) is 1.60. The number of benzene rings is 1. The van der Waals surface area contributed by atoms with Gasteiger partial charge in [-0.3, -0.25) is 4.79 Å². The molecule has 3 nitrogen and oxygen atoms in total. The monoisotopic (exact) mass is 222 g/mol. The molecule has 0 amide bonds. The largest absolute Gasteiger partial charge is 0.508 e. The van der Waals surface area contributed by atoms with Crippen LogP contribution in [0.15, 0.2) is 18.2 Å². The Balaban J connectivity index is 3.13. The lowest BCUT2D eigenvalue weighted by Crippen LogP contribution is -2.16. The van der Waals surface area contributed by atoms with Crippen molar-refractivity contribution in [2.75, 3.05) is 0 Å². The van der Waals surface area contributed by atoms with Crippen LogP contribution in [0.5, 0.6) is 5.75 Å². The molecule has 1 aromatic carbocycles. The van der Waals surface area contributed by atoms with Crippen molar-refractivity contribution in [1.82, 2.24) is 0 Å². The van der Waals surface area contributed by atoms with Crippen molar-refractivity contribution in [2.45, 2.75) is 39.0 Å². The Morgan fingerprint density at radius 3 is 2.50 bits per heavy atom. The van der Waals surface area contributed by atoms with E-state index in [9.17, 15) is 9.90 Å². The lowest BCUT2D eigenvalue weighted by Gasteiger charge is -2.24. The van der Waals surface area contributed by atoms with Gasteiger partial charge in [0, 0.05) is 0 Å². The summed E-state index contributed by atoms with van der Waals surface area (Å²) in [7, 11) is 0. The molecule has 0 saturated heterocycles. The molecule has 16 heavy (non-hydrogen) atoms. The third kappa shape index (κ3) is 2.75. The second-order valence-corrected chi connectivity index (χ2v) is 4.66. The molecule has 0 heterocycles. The summed E-state index contributed by atoms with van der Waals surface area (Å²) in [6, 6.07) is 5.01. The van der Waals surface area contributed by atoms with Crippen LogP contribution >= 0.6 is 0 Å². The van der Waals surface area contributed by atoms with Crippen LogP contribution in [0.3, 0.4) is 0 Å². The third-order valence-corrected chi connectivity index (χ3v) is 3.03. The summed E-state index contributed by atoms with van der Waals surface area (Å²) < 4.78 is 0. The van der Waals surface area contributed by atoms with E-state index in [2.05, 4.69) is 0 Å². The Kier molecular flexibility index (Phi) is 3.58. The van der Waals surface area contributed by atoms with E-state index in [0.717, 1.165) is 17.5 Å². The number of hydrogen-bond acceptors (Lipinski definition) is 2. The molecule has 0 spiro atoms. The van der Waals surface area contributed by atoms with Gasteiger partial charge in [-0.1, -0.05) is 32.9 Å². The Labute approximate surface area is 95.7 Å². The zero-order valence-corrected chi connectivity index (χ0v) is 9.95. The molecular weight excluding hydrogens is 204 g/mol. The van der Waals surface area contributed by atoms with Crippen LogP contribution in [-0.2, 0) is 16.6 Å². The van der Waals surface area contributed by atoms with E-state index in [0.29, 0.717) is 0 Å². The molecule has 0 aromatic heterocycles. The van der Waals surface area contributed by atoms with Gasteiger partial charge in [-0.05, 0) is 29.0 Å². The number of aliphatic carboxylic acids is 1. The van der Waals surface area contributed by atoms with Crippen molar-refractivity contribution in [3.8, 4) is 5.75 Å². The first kappa shape index (κ1) is 12.6. The highest BCUT2D eigenvalue weighted by Gasteiger charge is 2.22. The Morgan fingerprint density at radius 2 is 2.00 bits per heavy atom. The molecule has 3 heteroatoms. The van der Waals surface area contributed by atoms with E-state index >= 15 is 0 Å². The zero-order valence-electron chi connectivity index (χ0n) is 9.95. The van der Waals surface area contributed by atoms with Crippen molar-refractivity contribution in [1.29, 1.82) is 0 Å². The summed E-state index contributed by atoms with van der Waals surface area (Å²) in [5.74, 6) is -0.619. The minimum Gasteiger partial charge on any atom is -0.508 e. The summed E-state index contributed by atoms with van der Waals surface area (Å²) in [5, 5.41) is 18.5. The SMILES string of the molecule is CCC(C)(C)c1cc(CC(=O)O)ccc1O. The number of aromatic hydroxyl groups is 1. The van der Waals surface area contributed by atoms with E-state index in [1.54, 1.807) is 18.2 Å². The first-order chi connectivity index (χ1) is 7.36. The molecule has 0 fully saturated rings. The predicted octanol–water partition coefficient (Wildman–Crippen LogP) is 2.71. The number of carbonyl (C=O) groups is 1. The molecule has 1 rings (SSSR count). The second kappa shape index (κ2) is 4.56. The Bertz CT molecular complexity index is 394. The van der Waals surface area contributed by atoms with E-state index in [-0.39, 0.29) is 17.6 Å².